The lowest BCUT2D eigenvalue weighted by Crippen LogP contribution is -2.05. The van der Waals surface area contributed by atoms with E-state index in [4.69, 9.17) is 4.74 Å². The maximum absolute atomic E-state index is 14.6. The summed E-state index contributed by atoms with van der Waals surface area (Å²) in [5.41, 5.74) is 0.816. The Morgan fingerprint density at radius 3 is 2.50 bits per heavy atom. The summed E-state index contributed by atoms with van der Waals surface area (Å²) in [6.07, 6.45) is 0. The first-order chi connectivity index (χ1) is 10.5. The van der Waals surface area contributed by atoms with E-state index in [9.17, 15) is 8.78 Å². The fourth-order valence-electron chi connectivity index (χ4n) is 1.95. The van der Waals surface area contributed by atoms with Crippen molar-refractivity contribution in [2.75, 3.05) is 24.8 Å². The number of hydrogen-bond donors (Lipinski definition) is 2. The van der Waals surface area contributed by atoms with Crippen molar-refractivity contribution in [1.29, 1.82) is 0 Å². The highest BCUT2D eigenvalue weighted by atomic mass is 127. The molecule has 0 aliphatic heterocycles. The average molecular weight is 530 g/mol. The minimum absolute atomic E-state index is 0.167. The molecule has 0 amide bonds. The monoisotopic (exact) mass is 530 g/mol. The van der Waals surface area contributed by atoms with E-state index < -0.39 is 32.4 Å². The molecular formula is C15H14F2I2N2O. The summed E-state index contributed by atoms with van der Waals surface area (Å²) in [5, 5.41) is 5.73. The molecule has 2 N–H and O–H groups in total. The zero-order chi connectivity index (χ0) is 16.3. The van der Waals surface area contributed by atoms with Gasteiger partial charge in [-0.3, -0.25) is 0 Å². The van der Waals surface area contributed by atoms with Crippen LogP contribution in [-0.4, -0.2) is 18.7 Å². The molecule has 0 atom stereocenters. The molecule has 0 saturated heterocycles. The molecule has 0 aromatic heterocycles. The summed E-state index contributed by atoms with van der Waals surface area (Å²) in [6, 6.07) is 6.35. The quantitative estimate of drug-likeness (QED) is 0.539. The Labute approximate surface area is 151 Å². The number of benzene rings is 2. The highest BCUT2D eigenvalue weighted by Gasteiger charge is 2.18. The van der Waals surface area contributed by atoms with Gasteiger partial charge in [-0.25, -0.2) is 8.78 Å². The van der Waals surface area contributed by atoms with Crippen LogP contribution in [0.15, 0.2) is 24.3 Å². The number of nitrogens with one attached hydrogen (secondary N) is 2. The highest BCUT2D eigenvalue weighted by molar-refractivity contribution is 14.2. The second-order valence-electron chi connectivity index (χ2n) is 4.26. The van der Waals surface area contributed by atoms with E-state index in [0.29, 0.717) is 15.0 Å². The fourth-order valence-corrected chi connectivity index (χ4v) is 3.51. The number of rotatable bonds is 5. The number of hydrogen-bond acceptors (Lipinski definition) is 3. The van der Waals surface area contributed by atoms with Crippen LogP contribution in [0.4, 0.5) is 25.8 Å². The van der Waals surface area contributed by atoms with Gasteiger partial charge < -0.3 is 15.4 Å². The van der Waals surface area contributed by atoms with Crippen LogP contribution in [0.25, 0.3) is 0 Å². The van der Waals surface area contributed by atoms with Crippen molar-refractivity contribution < 1.29 is 13.5 Å². The summed E-state index contributed by atoms with van der Waals surface area (Å²) in [6.45, 7) is 0. The Kier molecular flexibility index (Phi) is 5.95. The van der Waals surface area contributed by atoms with Crippen molar-refractivity contribution in [2.24, 2.45) is 0 Å². The van der Waals surface area contributed by atoms with Gasteiger partial charge in [0.1, 0.15) is 22.9 Å². The predicted molar refractivity (Wildman–Crippen MR) is 105 cm³/mol. The Hall–Kier alpha value is -0.970. The Morgan fingerprint density at radius 1 is 1.23 bits per heavy atom. The summed E-state index contributed by atoms with van der Waals surface area (Å²) in [7, 11) is 3.17. The van der Waals surface area contributed by atoms with Gasteiger partial charge in [-0.2, -0.15) is 0 Å². The second kappa shape index (κ2) is 7.53. The van der Waals surface area contributed by atoms with Crippen molar-refractivity contribution in [2.45, 2.75) is 0 Å². The van der Waals surface area contributed by atoms with Crippen LogP contribution >= 0.6 is 43.3 Å². The summed E-state index contributed by atoms with van der Waals surface area (Å²) in [5.74, 6) is -0.372. The van der Waals surface area contributed by atoms with Crippen LogP contribution in [-0.2, 0) is 0 Å². The zero-order valence-corrected chi connectivity index (χ0v) is 16.3. The van der Waals surface area contributed by atoms with Crippen molar-refractivity contribution in [1.82, 2.24) is 0 Å². The SMILES string of the molecule is C=Ic1cc(OC)c(NC)c(Nc2ccc(I)cc2F)c1F. The first kappa shape index (κ1) is 17.4. The van der Waals surface area contributed by atoms with Crippen LogP contribution in [0.1, 0.15) is 0 Å². The number of methoxy groups -OCH3 is 1. The zero-order valence-electron chi connectivity index (χ0n) is 11.9. The molecule has 0 heterocycles. The van der Waals surface area contributed by atoms with E-state index in [2.05, 4.69) is 15.1 Å². The van der Waals surface area contributed by atoms with Crippen LogP contribution < -0.4 is 15.4 Å². The summed E-state index contributed by atoms with van der Waals surface area (Å²) < 4.78 is 39.0. The molecule has 7 heteroatoms. The van der Waals surface area contributed by atoms with Gasteiger partial charge in [0, 0.05) is 14.2 Å². The van der Waals surface area contributed by atoms with Gasteiger partial charge >= 0.3 is 0 Å². The van der Waals surface area contributed by atoms with Gasteiger partial charge in [0.05, 0.1) is 12.8 Å². The van der Waals surface area contributed by atoms with Crippen molar-refractivity contribution in [3.63, 3.8) is 0 Å². The van der Waals surface area contributed by atoms with Crippen molar-refractivity contribution in [3.05, 3.63) is 43.0 Å². The van der Waals surface area contributed by atoms with E-state index in [1.54, 1.807) is 25.2 Å². The molecule has 0 unspecified atom stereocenters. The maximum Gasteiger partial charge on any atom is 0.161 e. The number of halogens is 4. The molecule has 0 fully saturated rings. The van der Waals surface area contributed by atoms with Crippen LogP contribution in [0.3, 0.4) is 0 Å². The van der Waals surface area contributed by atoms with E-state index in [1.807, 2.05) is 22.6 Å². The third kappa shape index (κ3) is 3.50. The minimum Gasteiger partial charge on any atom is -0.494 e. The lowest BCUT2D eigenvalue weighted by Gasteiger charge is -2.18. The maximum atomic E-state index is 14.6. The first-order valence-electron chi connectivity index (χ1n) is 6.20. The molecule has 0 spiro atoms. The van der Waals surface area contributed by atoms with Crippen LogP contribution in [0.5, 0.6) is 5.75 Å². The van der Waals surface area contributed by atoms with Crippen molar-refractivity contribution in [3.8, 4) is 5.75 Å². The molecule has 2 aromatic rings. The Bertz CT molecular complexity index is 723. The molecule has 0 bridgehead atoms. The molecule has 0 aliphatic carbocycles. The average Bonchev–Trinajstić information content (AvgIpc) is 2.51. The first-order valence-corrected chi connectivity index (χ1v) is 9.88. The molecular weight excluding hydrogens is 516 g/mol. The highest BCUT2D eigenvalue weighted by Crippen LogP contribution is 2.40. The third-order valence-electron chi connectivity index (χ3n) is 2.99. The second-order valence-corrected chi connectivity index (χ2v) is 7.43. The smallest absolute Gasteiger partial charge is 0.161 e. The molecule has 0 aliphatic rings. The standard InChI is InChI=1S/C15H14F2I2N2O/c1-19-10-7-12(22-3)14(20-2)15(13(10)17)21-11-5-4-8(18)6-9(11)16/h4-7,20-21H,1H2,2-3H3. The minimum atomic E-state index is -0.727. The largest absolute Gasteiger partial charge is 0.494 e. The predicted octanol–water partition coefficient (Wildman–Crippen LogP) is 4.94. The lowest BCUT2D eigenvalue weighted by atomic mass is 10.2. The summed E-state index contributed by atoms with van der Waals surface area (Å²) >= 11 is 1.29. The van der Waals surface area contributed by atoms with E-state index in [1.165, 1.54) is 13.2 Å². The molecule has 0 radical (unpaired) electrons. The van der Waals surface area contributed by atoms with Gasteiger partial charge in [0.15, 0.2) is 5.82 Å². The molecule has 2 aromatic carbocycles. The molecule has 118 valence electrons. The molecule has 2 rings (SSSR count). The van der Waals surface area contributed by atoms with Gasteiger partial charge in [-0.15, -0.1) is 0 Å². The van der Waals surface area contributed by atoms with Crippen LogP contribution in [0.2, 0.25) is 0 Å². The van der Waals surface area contributed by atoms with Gasteiger partial charge in [-0.1, -0.05) is 25.2 Å². The van der Waals surface area contributed by atoms with Gasteiger partial charge in [-0.05, 0) is 46.9 Å². The normalized spacial score (nSPS) is 10.4. The van der Waals surface area contributed by atoms with Crippen LogP contribution in [0, 0.1) is 18.8 Å². The number of anilines is 3. The molecule has 22 heavy (non-hydrogen) atoms. The molecule has 3 nitrogen and oxygen atoms in total. The topological polar surface area (TPSA) is 33.3 Å². The van der Waals surface area contributed by atoms with E-state index in [-0.39, 0.29) is 11.4 Å². The Balaban J connectivity index is 2.59. The third-order valence-corrected chi connectivity index (χ3v) is 5.27. The Morgan fingerprint density at radius 2 is 1.95 bits per heavy atom. The molecule has 0 saturated carbocycles. The van der Waals surface area contributed by atoms with Gasteiger partial charge in [0.25, 0.3) is 0 Å². The fraction of sp³-hybridized carbons (Fsp3) is 0.133. The lowest BCUT2D eigenvalue weighted by molar-refractivity contribution is 0.415. The summed E-state index contributed by atoms with van der Waals surface area (Å²) in [4.78, 5) is 0. The van der Waals surface area contributed by atoms with Crippen molar-refractivity contribution >= 4 is 64.9 Å². The van der Waals surface area contributed by atoms with E-state index >= 15 is 0 Å². The number of ether oxygens (including phenoxy) is 1. The van der Waals surface area contributed by atoms with Gasteiger partial charge in [0.2, 0.25) is 0 Å². The van der Waals surface area contributed by atoms with E-state index in [0.717, 1.165) is 3.57 Å².